The Hall–Kier alpha value is -1.35. The topological polar surface area (TPSA) is 105 Å². The van der Waals surface area contributed by atoms with Crippen LogP contribution in [0.15, 0.2) is 0 Å². The molecule has 9 heteroatoms. The lowest BCUT2D eigenvalue weighted by atomic mass is 9.88. The molecule has 29 heavy (non-hydrogen) atoms. The summed E-state index contributed by atoms with van der Waals surface area (Å²) in [5.41, 5.74) is -0.594. The van der Waals surface area contributed by atoms with Crippen LogP contribution >= 0.6 is 0 Å². The van der Waals surface area contributed by atoms with Crippen LogP contribution in [0.1, 0.15) is 72.6 Å². The van der Waals surface area contributed by atoms with E-state index in [1.807, 2.05) is 0 Å². The molecular formula is C20H37N3O5S. The van der Waals surface area contributed by atoms with Crippen LogP contribution < -0.4 is 10.0 Å². The van der Waals surface area contributed by atoms with Gasteiger partial charge < -0.3 is 15.0 Å². The van der Waals surface area contributed by atoms with Crippen molar-refractivity contribution in [1.29, 1.82) is 0 Å². The van der Waals surface area contributed by atoms with Gasteiger partial charge >= 0.3 is 6.09 Å². The molecule has 0 spiro atoms. The van der Waals surface area contributed by atoms with Gasteiger partial charge in [0.25, 0.3) is 0 Å². The Morgan fingerprint density at radius 2 is 1.72 bits per heavy atom. The average molecular weight is 432 g/mol. The van der Waals surface area contributed by atoms with E-state index in [4.69, 9.17) is 4.74 Å². The molecule has 0 radical (unpaired) electrons. The number of sulfonamides is 1. The number of amides is 2. The van der Waals surface area contributed by atoms with Gasteiger partial charge in [0.15, 0.2) is 0 Å². The van der Waals surface area contributed by atoms with Gasteiger partial charge in [0.05, 0.1) is 0 Å². The fourth-order valence-corrected chi connectivity index (χ4v) is 5.29. The van der Waals surface area contributed by atoms with Crippen molar-refractivity contribution in [3.05, 3.63) is 0 Å². The first-order valence-corrected chi connectivity index (χ1v) is 12.4. The molecule has 0 aromatic heterocycles. The number of nitrogens with zero attached hydrogens (tertiary/aromatic N) is 1. The largest absolute Gasteiger partial charge is 0.444 e. The third kappa shape index (κ3) is 8.50. The Bertz CT molecular complexity index is 666. The summed E-state index contributed by atoms with van der Waals surface area (Å²) in [7, 11) is -3.68. The van der Waals surface area contributed by atoms with Crippen molar-refractivity contribution in [1.82, 2.24) is 14.9 Å². The zero-order chi connectivity index (χ0) is 21.7. The molecule has 2 rings (SSSR count). The van der Waals surface area contributed by atoms with Crippen LogP contribution in [0.4, 0.5) is 4.79 Å². The minimum atomic E-state index is -3.68. The summed E-state index contributed by atoms with van der Waals surface area (Å²) in [5.74, 6) is -0.316. The molecule has 0 bridgehead atoms. The number of alkyl carbamates (subject to hydrolysis) is 1. The molecule has 2 fully saturated rings. The summed E-state index contributed by atoms with van der Waals surface area (Å²) in [6, 6.07) is -0.288. The van der Waals surface area contributed by atoms with E-state index in [-0.39, 0.29) is 18.6 Å². The minimum absolute atomic E-state index is 0.0741. The molecule has 0 aromatic rings. The Labute approximate surface area is 175 Å². The summed E-state index contributed by atoms with van der Waals surface area (Å²) >= 11 is 0. The molecule has 2 amide bonds. The van der Waals surface area contributed by atoms with Crippen molar-refractivity contribution >= 4 is 22.0 Å². The SMILES string of the molecule is CC1CCC(NS(=O)(=O)CC(=O)N2CCCCC2CNC(=O)OC(C)(C)C)CC1. The highest BCUT2D eigenvalue weighted by molar-refractivity contribution is 7.90. The van der Waals surface area contributed by atoms with Crippen LogP contribution in [0.25, 0.3) is 0 Å². The van der Waals surface area contributed by atoms with Crippen molar-refractivity contribution in [2.75, 3.05) is 18.8 Å². The van der Waals surface area contributed by atoms with Gasteiger partial charge in [-0.25, -0.2) is 17.9 Å². The number of hydrogen-bond acceptors (Lipinski definition) is 5. The first-order valence-electron chi connectivity index (χ1n) is 10.7. The highest BCUT2D eigenvalue weighted by atomic mass is 32.2. The maximum absolute atomic E-state index is 12.8. The fraction of sp³-hybridized carbons (Fsp3) is 0.900. The molecule has 1 saturated heterocycles. The zero-order valence-electron chi connectivity index (χ0n) is 18.2. The lowest BCUT2D eigenvalue weighted by Crippen LogP contribution is -2.52. The number of nitrogens with one attached hydrogen (secondary N) is 2. The molecule has 1 saturated carbocycles. The Morgan fingerprint density at radius 1 is 1.07 bits per heavy atom. The molecule has 1 atom stereocenters. The van der Waals surface area contributed by atoms with Gasteiger partial charge in [-0.2, -0.15) is 0 Å². The molecule has 1 unspecified atom stereocenters. The van der Waals surface area contributed by atoms with Gasteiger partial charge in [0, 0.05) is 25.2 Å². The third-order valence-electron chi connectivity index (χ3n) is 5.50. The molecule has 168 valence electrons. The number of piperidine rings is 1. The second-order valence-corrected chi connectivity index (χ2v) is 11.2. The molecular weight excluding hydrogens is 394 g/mol. The lowest BCUT2D eigenvalue weighted by Gasteiger charge is -2.36. The maximum atomic E-state index is 12.8. The summed E-state index contributed by atoms with van der Waals surface area (Å²) in [4.78, 5) is 26.3. The standard InChI is InChI=1S/C20H37N3O5S/c1-15-8-10-16(11-9-15)22-29(26,27)14-18(24)23-12-6-5-7-17(23)13-21-19(25)28-20(2,3)4/h15-17,22H,5-14H2,1-4H3,(H,21,25). The summed E-state index contributed by atoms with van der Waals surface area (Å²) < 4.78 is 33.0. The molecule has 2 aliphatic rings. The van der Waals surface area contributed by atoms with E-state index in [0.29, 0.717) is 12.5 Å². The molecule has 1 heterocycles. The second kappa shape index (κ2) is 10.1. The quantitative estimate of drug-likeness (QED) is 0.672. The van der Waals surface area contributed by atoms with Gasteiger partial charge in [0.1, 0.15) is 11.4 Å². The smallest absolute Gasteiger partial charge is 0.407 e. The molecule has 2 N–H and O–H groups in total. The van der Waals surface area contributed by atoms with Crippen LogP contribution in [-0.2, 0) is 19.6 Å². The molecule has 1 aliphatic heterocycles. The van der Waals surface area contributed by atoms with E-state index in [1.165, 1.54) is 0 Å². The van der Waals surface area contributed by atoms with E-state index < -0.39 is 33.4 Å². The van der Waals surface area contributed by atoms with Crippen LogP contribution in [0.2, 0.25) is 0 Å². The number of rotatable bonds is 6. The predicted octanol–water partition coefficient (Wildman–Crippen LogP) is 2.39. The molecule has 0 aromatic carbocycles. The van der Waals surface area contributed by atoms with E-state index in [2.05, 4.69) is 17.0 Å². The predicted molar refractivity (Wildman–Crippen MR) is 112 cm³/mol. The van der Waals surface area contributed by atoms with Crippen LogP contribution in [-0.4, -0.2) is 61.8 Å². The van der Waals surface area contributed by atoms with E-state index >= 15 is 0 Å². The zero-order valence-corrected chi connectivity index (χ0v) is 19.0. The van der Waals surface area contributed by atoms with Crippen LogP contribution in [0.5, 0.6) is 0 Å². The summed E-state index contributed by atoms with van der Waals surface area (Å²) in [6.07, 6.45) is 5.63. The third-order valence-corrected chi connectivity index (χ3v) is 6.82. The van der Waals surface area contributed by atoms with Crippen molar-refractivity contribution < 1.29 is 22.7 Å². The number of hydrogen-bond donors (Lipinski definition) is 2. The Morgan fingerprint density at radius 3 is 2.34 bits per heavy atom. The van der Waals surface area contributed by atoms with E-state index in [1.54, 1.807) is 25.7 Å². The normalized spacial score (nSPS) is 26.1. The molecule has 8 nitrogen and oxygen atoms in total. The van der Waals surface area contributed by atoms with Gasteiger partial charge in [-0.05, 0) is 71.6 Å². The van der Waals surface area contributed by atoms with E-state index in [9.17, 15) is 18.0 Å². The maximum Gasteiger partial charge on any atom is 0.407 e. The van der Waals surface area contributed by atoms with Gasteiger partial charge in [-0.1, -0.05) is 6.92 Å². The fourth-order valence-electron chi connectivity index (χ4n) is 3.98. The highest BCUT2D eigenvalue weighted by Crippen LogP contribution is 2.24. The number of carbonyl (C=O) groups is 2. The number of carbonyl (C=O) groups excluding carboxylic acids is 2. The monoisotopic (exact) mass is 431 g/mol. The Balaban J connectivity index is 1.88. The van der Waals surface area contributed by atoms with Crippen molar-refractivity contribution in [2.45, 2.75) is 90.3 Å². The van der Waals surface area contributed by atoms with Gasteiger partial charge in [0.2, 0.25) is 15.9 Å². The van der Waals surface area contributed by atoms with Crippen LogP contribution in [0, 0.1) is 5.92 Å². The van der Waals surface area contributed by atoms with E-state index in [0.717, 1.165) is 44.9 Å². The Kier molecular flexibility index (Phi) is 8.34. The lowest BCUT2D eigenvalue weighted by molar-refractivity contribution is -0.132. The number of ether oxygens (including phenoxy) is 1. The average Bonchev–Trinajstić information content (AvgIpc) is 2.60. The van der Waals surface area contributed by atoms with Crippen molar-refractivity contribution in [2.24, 2.45) is 5.92 Å². The number of likely N-dealkylation sites (tertiary alicyclic amines) is 1. The van der Waals surface area contributed by atoms with Crippen molar-refractivity contribution in [3.63, 3.8) is 0 Å². The second-order valence-electron chi connectivity index (χ2n) is 9.45. The summed E-state index contributed by atoms with van der Waals surface area (Å²) in [6.45, 7) is 8.30. The highest BCUT2D eigenvalue weighted by Gasteiger charge is 2.31. The first kappa shape index (κ1) is 23.9. The minimum Gasteiger partial charge on any atom is -0.444 e. The van der Waals surface area contributed by atoms with Crippen molar-refractivity contribution in [3.8, 4) is 0 Å². The summed E-state index contributed by atoms with van der Waals surface area (Å²) in [5, 5.41) is 2.71. The van der Waals surface area contributed by atoms with Gasteiger partial charge in [-0.15, -0.1) is 0 Å². The first-order chi connectivity index (χ1) is 13.5. The van der Waals surface area contributed by atoms with Crippen LogP contribution in [0.3, 0.4) is 0 Å². The molecule has 1 aliphatic carbocycles. The van der Waals surface area contributed by atoms with Gasteiger partial charge in [-0.3, -0.25) is 4.79 Å².